The summed E-state index contributed by atoms with van der Waals surface area (Å²) in [6.07, 6.45) is 3.76. The van der Waals surface area contributed by atoms with Crippen molar-refractivity contribution in [3.63, 3.8) is 0 Å². The van der Waals surface area contributed by atoms with Gasteiger partial charge in [0.05, 0.1) is 11.6 Å². The Morgan fingerprint density at radius 3 is 2.61 bits per heavy atom. The van der Waals surface area contributed by atoms with Gasteiger partial charge in [-0.05, 0) is 74.5 Å². The molecule has 1 atom stereocenters. The minimum Gasteiger partial charge on any atom is -0.441 e. The molecule has 2 aromatic carbocycles. The maximum Gasteiger partial charge on any atom is 0.226 e. The van der Waals surface area contributed by atoms with Crippen LogP contribution in [-0.4, -0.2) is 35.4 Å². The molecule has 0 spiro atoms. The minimum absolute atomic E-state index is 0.0113. The van der Waals surface area contributed by atoms with Crippen molar-refractivity contribution in [2.24, 2.45) is 5.92 Å². The second kappa shape index (κ2) is 11.0. The van der Waals surface area contributed by atoms with Crippen molar-refractivity contribution in [2.75, 3.05) is 19.6 Å². The largest absolute Gasteiger partial charge is 0.441 e. The van der Waals surface area contributed by atoms with Gasteiger partial charge in [-0.1, -0.05) is 42.8 Å². The third kappa shape index (κ3) is 6.24. The molecule has 1 aliphatic rings. The SMILES string of the molecule is CCc1ccc(-c2nc(CN3CCCC(C(=O)NCCc4ccc(Cl)cc4)C3)c(C)o2)cc1. The van der Waals surface area contributed by atoms with Gasteiger partial charge in [0.15, 0.2) is 0 Å². The lowest BCUT2D eigenvalue weighted by atomic mass is 9.97. The molecule has 1 saturated heterocycles. The lowest BCUT2D eigenvalue weighted by molar-refractivity contribution is -0.126. The van der Waals surface area contributed by atoms with E-state index >= 15 is 0 Å². The maximum absolute atomic E-state index is 12.8. The Balaban J connectivity index is 1.30. The molecule has 1 aromatic heterocycles. The number of carbonyl (C=O) groups excluding carboxylic acids is 1. The summed E-state index contributed by atoms with van der Waals surface area (Å²) in [7, 11) is 0. The van der Waals surface area contributed by atoms with E-state index in [1.807, 2.05) is 31.2 Å². The van der Waals surface area contributed by atoms with Gasteiger partial charge in [-0.15, -0.1) is 0 Å². The number of rotatable bonds is 8. The predicted octanol–water partition coefficient (Wildman–Crippen LogP) is 5.44. The van der Waals surface area contributed by atoms with Gasteiger partial charge in [0.2, 0.25) is 11.8 Å². The highest BCUT2D eigenvalue weighted by Crippen LogP contribution is 2.25. The highest BCUT2D eigenvalue weighted by molar-refractivity contribution is 6.30. The number of aryl methyl sites for hydroxylation is 2. The molecule has 1 N–H and O–H groups in total. The highest BCUT2D eigenvalue weighted by Gasteiger charge is 2.26. The van der Waals surface area contributed by atoms with E-state index in [0.717, 1.165) is 60.8 Å². The van der Waals surface area contributed by atoms with Crippen LogP contribution in [0.3, 0.4) is 0 Å². The summed E-state index contributed by atoms with van der Waals surface area (Å²) >= 11 is 5.94. The number of amides is 1. The Hall–Kier alpha value is -2.63. The van der Waals surface area contributed by atoms with E-state index in [9.17, 15) is 4.79 Å². The maximum atomic E-state index is 12.8. The summed E-state index contributed by atoms with van der Waals surface area (Å²) in [4.78, 5) is 19.8. The third-order valence-corrected chi connectivity index (χ3v) is 6.63. The Morgan fingerprint density at radius 2 is 1.88 bits per heavy atom. The van der Waals surface area contributed by atoms with E-state index in [0.29, 0.717) is 19.0 Å². The molecule has 33 heavy (non-hydrogen) atoms. The number of piperidine rings is 1. The fourth-order valence-electron chi connectivity index (χ4n) is 4.33. The van der Waals surface area contributed by atoms with Gasteiger partial charge in [0.1, 0.15) is 5.76 Å². The van der Waals surface area contributed by atoms with Crippen LogP contribution in [0.5, 0.6) is 0 Å². The first-order valence-electron chi connectivity index (χ1n) is 11.8. The van der Waals surface area contributed by atoms with Crippen molar-refractivity contribution >= 4 is 17.5 Å². The number of hydrogen-bond acceptors (Lipinski definition) is 4. The van der Waals surface area contributed by atoms with Crippen molar-refractivity contribution in [3.8, 4) is 11.5 Å². The normalized spacial score (nSPS) is 16.6. The molecule has 0 aliphatic carbocycles. The second-order valence-electron chi connectivity index (χ2n) is 8.81. The molecule has 174 valence electrons. The summed E-state index contributed by atoms with van der Waals surface area (Å²) in [5.41, 5.74) is 4.42. The van der Waals surface area contributed by atoms with Gasteiger partial charge < -0.3 is 9.73 Å². The lowest BCUT2D eigenvalue weighted by Gasteiger charge is -2.31. The van der Waals surface area contributed by atoms with E-state index in [2.05, 4.69) is 41.4 Å². The molecule has 1 amide bonds. The van der Waals surface area contributed by atoms with Gasteiger partial charge >= 0.3 is 0 Å². The van der Waals surface area contributed by atoms with E-state index in [1.165, 1.54) is 11.1 Å². The zero-order valence-electron chi connectivity index (χ0n) is 19.4. The first-order valence-corrected chi connectivity index (χ1v) is 12.2. The van der Waals surface area contributed by atoms with E-state index in [4.69, 9.17) is 21.0 Å². The number of hydrogen-bond donors (Lipinski definition) is 1. The molecule has 1 fully saturated rings. The number of nitrogens with one attached hydrogen (secondary N) is 1. The summed E-state index contributed by atoms with van der Waals surface area (Å²) in [5.74, 6) is 1.66. The molecule has 3 aromatic rings. The Labute approximate surface area is 201 Å². The summed E-state index contributed by atoms with van der Waals surface area (Å²) < 4.78 is 5.97. The molecule has 4 rings (SSSR count). The predicted molar refractivity (Wildman–Crippen MR) is 132 cm³/mol. The van der Waals surface area contributed by atoms with Crippen LogP contribution in [0.4, 0.5) is 0 Å². The van der Waals surface area contributed by atoms with Crippen molar-refractivity contribution in [2.45, 2.75) is 46.1 Å². The number of halogens is 1. The van der Waals surface area contributed by atoms with E-state index in [1.54, 1.807) is 0 Å². The summed E-state index contributed by atoms with van der Waals surface area (Å²) in [5, 5.41) is 3.84. The molecule has 1 aliphatic heterocycles. The number of benzene rings is 2. The topological polar surface area (TPSA) is 58.4 Å². The molecular formula is C27H32ClN3O2. The lowest BCUT2D eigenvalue weighted by Crippen LogP contribution is -2.43. The average molecular weight is 466 g/mol. The van der Waals surface area contributed by atoms with Crippen molar-refractivity contribution in [1.29, 1.82) is 0 Å². The Bertz CT molecular complexity index is 1060. The Morgan fingerprint density at radius 1 is 1.15 bits per heavy atom. The van der Waals surface area contributed by atoms with Crippen LogP contribution in [0.15, 0.2) is 52.9 Å². The first kappa shape index (κ1) is 23.5. The highest BCUT2D eigenvalue weighted by atomic mass is 35.5. The van der Waals surface area contributed by atoms with Crippen LogP contribution < -0.4 is 5.32 Å². The monoisotopic (exact) mass is 465 g/mol. The van der Waals surface area contributed by atoms with Gasteiger partial charge in [-0.25, -0.2) is 4.98 Å². The summed E-state index contributed by atoms with van der Waals surface area (Å²) in [6.45, 7) is 7.18. The van der Waals surface area contributed by atoms with Gasteiger partial charge in [-0.3, -0.25) is 9.69 Å². The number of aromatic nitrogens is 1. The molecular weight excluding hydrogens is 434 g/mol. The quantitative estimate of drug-likeness (QED) is 0.481. The fourth-order valence-corrected chi connectivity index (χ4v) is 4.46. The van der Waals surface area contributed by atoms with Crippen molar-refractivity contribution in [1.82, 2.24) is 15.2 Å². The van der Waals surface area contributed by atoms with E-state index in [-0.39, 0.29) is 11.8 Å². The van der Waals surface area contributed by atoms with Gasteiger partial charge in [0, 0.05) is 30.2 Å². The molecule has 5 nitrogen and oxygen atoms in total. The zero-order valence-corrected chi connectivity index (χ0v) is 20.2. The van der Waals surface area contributed by atoms with Crippen LogP contribution in [0, 0.1) is 12.8 Å². The molecule has 6 heteroatoms. The van der Waals surface area contributed by atoms with Crippen LogP contribution >= 0.6 is 11.6 Å². The number of likely N-dealkylation sites (tertiary alicyclic amines) is 1. The van der Waals surface area contributed by atoms with Crippen LogP contribution in [-0.2, 0) is 24.2 Å². The third-order valence-electron chi connectivity index (χ3n) is 6.38. The van der Waals surface area contributed by atoms with Gasteiger partial charge in [0.25, 0.3) is 0 Å². The Kier molecular flexibility index (Phi) is 7.84. The average Bonchev–Trinajstić information content (AvgIpc) is 3.20. The van der Waals surface area contributed by atoms with Crippen molar-refractivity contribution in [3.05, 3.63) is 76.1 Å². The van der Waals surface area contributed by atoms with E-state index < -0.39 is 0 Å². The zero-order chi connectivity index (χ0) is 23.2. The molecule has 0 saturated carbocycles. The fraction of sp³-hybridized carbons (Fsp3) is 0.407. The molecule has 0 radical (unpaired) electrons. The first-order chi connectivity index (χ1) is 16.0. The standard InChI is InChI=1S/C27H32ClN3O2/c1-3-20-6-10-22(11-7-20)27-30-25(19(2)33-27)18-31-16-4-5-23(17-31)26(32)29-15-14-21-8-12-24(28)13-9-21/h6-13,23H,3-5,14-18H2,1-2H3,(H,29,32). The minimum atomic E-state index is 0.0113. The summed E-state index contributed by atoms with van der Waals surface area (Å²) in [6, 6.07) is 16.2. The van der Waals surface area contributed by atoms with Crippen LogP contribution in [0.25, 0.3) is 11.5 Å². The number of nitrogens with zero attached hydrogens (tertiary/aromatic N) is 2. The second-order valence-corrected chi connectivity index (χ2v) is 9.25. The molecule has 0 bridgehead atoms. The number of carbonyl (C=O) groups is 1. The van der Waals surface area contributed by atoms with Crippen LogP contribution in [0.1, 0.15) is 42.3 Å². The van der Waals surface area contributed by atoms with Gasteiger partial charge in [-0.2, -0.15) is 0 Å². The van der Waals surface area contributed by atoms with Crippen LogP contribution in [0.2, 0.25) is 5.02 Å². The van der Waals surface area contributed by atoms with Crippen molar-refractivity contribution < 1.29 is 9.21 Å². The number of oxazole rings is 1. The smallest absolute Gasteiger partial charge is 0.226 e. The molecule has 2 heterocycles. The molecule has 1 unspecified atom stereocenters.